The lowest BCUT2D eigenvalue weighted by molar-refractivity contribution is 0.804. The molecule has 0 spiro atoms. The Morgan fingerprint density at radius 1 is 0.405 bits per heavy atom. The van der Waals surface area contributed by atoms with Gasteiger partial charge in [0.05, 0.1) is 11.4 Å². The summed E-state index contributed by atoms with van der Waals surface area (Å²) in [6.45, 7) is 29.7. The molecule has 3 aromatic rings. The van der Waals surface area contributed by atoms with Crippen LogP contribution in [0.2, 0.25) is 0 Å². The van der Waals surface area contributed by atoms with E-state index in [4.69, 9.17) is 9.97 Å². The van der Waals surface area contributed by atoms with Crippen LogP contribution in [0, 0.1) is 6.92 Å². The van der Waals surface area contributed by atoms with Crippen molar-refractivity contribution in [3.05, 3.63) is 69.5 Å². The first-order valence-electron chi connectivity index (χ1n) is 14.4. The molecular weight excluding hydrogens is 448 g/mol. The molecule has 0 aliphatic carbocycles. The van der Waals surface area contributed by atoms with Crippen molar-refractivity contribution in [1.82, 2.24) is 9.97 Å². The van der Waals surface area contributed by atoms with Gasteiger partial charge in [-0.05, 0) is 81.9 Å². The highest BCUT2D eigenvalue weighted by atomic mass is 14.9. The van der Waals surface area contributed by atoms with Gasteiger partial charge in [-0.15, -0.1) is 0 Å². The van der Waals surface area contributed by atoms with Crippen molar-refractivity contribution in [3.8, 4) is 22.5 Å². The summed E-state index contributed by atoms with van der Waals surface area (Å²) in [4.78, 5) is 10.1. The fraction of sp³-hybridized carbons (Fsp3) is 0.543. The Balaban J connectivity index is 2.42. The Labute approximate surface area is 227 Å². The summed E-state index contributed by atoms with van der Waals surface area (Å²) >= 11 is 0. The smallest absolute Gasteiger partial charge is 0.126 e. The SMILES string of the molecule is Cc1nc(-c2c(C(C)C)cc(C(C)C)cc2C(C)C)cc(-c2c(C(C)C)cc(C(C)C)cc2C(C)C)n1. The largest absolute Gasteiger partial charge is 0.233 e. The second-order valence-electron chi connectivity index (χ2n) is 12.8. The van der Waals surface area contributed by atoms with Crippen molar-refractivity contribution in [1.29, 1.82) is 0 Å². The van der Waals surface area contributed by atoms with E-state index in [0.717, 1.165) is 17.2 Å². The molecule has 0 fully saturated rings. The predicted molar refractivity (Wildman–Crippen MR) is 162 cm³/mol. The molecular formula is C35H50N2. The molecule has 0 aliphatic heterocycles. The molecule has 2 nitrogen and oxygen atoms in total. The fourth-order valence-electron chi connectivity index (χ4n) is 5.33. The van der Waals surface area contributed by atoms with Gasteiger partial charge in [0.15, 0.2) is 0 Å². The first kappa shape index (κ1) is 29.1. The summed E-state index contributed by atoms with van der Waals surface area (Å²) in [5.74, 6) is 3.46. The van der Waals surface area contributed by atoms with Crippen molar-refractivity contribution in [2.75, 3.05) is 0 Å². The second-order valence-corrected chi connectivity index (χ2v) is 12.8. The van der Waals surface area contributed by atoms with Gasteiger partial charge in [0.1, 0.15) is 5.82 Å². The molecule has 0 saturated carbocycles. The molecule has 0 amide bonds. The summed E-state index contributed by atoms with van der Waals surface area (Å²) in [5.41, 5.74) is 13.1. The molecule has 0 radical (unpaired) electrons. The van der Waals surface area contributed by atoms with E-state index in [1.165, 1.54) is 44.5 Å². The van der Waals surface area contributed by atoms with Gasteiger partial charge in [0.2, 0.25) is 0 Å². The van der Waals surface area contributed by atoms with Crippen LogP contribution in [0.15, 0.2) is 30.3 Å². The quantitative estimate of drug-likeness (QED) is 0.308. The zero-order valence-electron chi connectivity index (χ0n) is 25.7. The number of hydrogen-bond donors (Lipinski definition) is 0. The van der Waals surface area contributed by atoms with Crippen molar-refractivity contribution in [2.45, 2.75) is 126 Å². The van der Waals surface area contributed by atoms with Gasteiger partial charge in [-0.25, -0.2) is 9.97 Å². The lowest BCUT2D eigenvalue weighted by Gasteiger charge is -2.25. The summed E-state index contributed by atoms with van der Waals surface area (Å²) in [5, 5.41) is 0. The van der Waals surface area contributed by atoms with E-state index in [1.54, 1.807) is 0 Å². The third-order valence-electron chi connectivity index (χ3n) is 7.61. The molecule has 0 bridgehead atoms. The van der Waals surface area contributed by atoms with Crippen LogP contribution in [0.1, 0.15) is 158 Å². The molecule has 0 aliphatic rings. The first-order valence-corrected chi connectivity index (χ1v) is 14.4. The molecule has 2 aromatic carbocycles. The molecule has 1 heterocycles. The first-order chi connectivity index (χ1) is 17.2. The van der Waals surface area contributed by atoms with Crippen LogP contribution in [0.25, 0.3) is 22.5 Å². The number of rotatable bonds is 8. The van der Waals surface area contributed by atoms with Gasteiger partial charge in [0, 0.05) is 11.1 Å². The average Bonchev–Trinajstić information content (AvgIpc) is 2.81. The maximum atomic E-state index is 5.07. The Morgan fingerprint density at radius 2 is 0.676 bits per heavy atom. The third kappa shape index (κ3) is 6.16. The number of aromatic nitrogens is 2. The lowest BCUT2D eigenvalue weighted by atomic mass is 9.81. The van der Waals surface area contributed by atoms with E-state index >= 15 is 0 Å². The average molecular weight is 499 g/mol. The molecule has 0 N–H and O–H groups in total. The highest BCUT2D eigenvalue weighted by Gasteiger charge is 2.23. The van der Waals surface area contributed by atoms with E-state index in [1.807, 2.05) is 6.92 Å². The van der Waals surface area contributed by atoms with Crippen LogP contribution in [-0.4, -0.2) is 9.97 Å². The molecule has 3 rings (SSSR count). The zero-order chi connectivity index (χ0) is 27.8. The molecule has 0 saturated heterocycles. The van der Waals surface area contributed by atoms with Crippen LogP contribution >= 0.6 is 0 Å². The fourth-order valence-corrected chi connectivity index (χ4v) is 5.33. The number of nitrogens with zero attached hydrogens (tertiary/aromatic N) is 2. The normalized spacial score (nSPS) is 12.3. The highest BCUT2D eigenvalue weighted by Crippen LogP contribution is 2.42. The summed E-state index contributed by atoms with van der Waals surface area (Å²) in [6, 6.07) is 12.0. The van der Waals surface area contributed by atoms with Gasteiger partial charge >= 0.3 is 0 Å². The minimum Gasteiger partial charge on any atom is -0.233 e. The Bertz CT molecular complexity index is 1090. The lowest BCUT2D eigenvalue weighted by Crippen LogP contribution is -2.08. The Hall–Kier alpha value is -2.48. The molecule has 200 valence electrons. The standard InChI is InChI=1S/C35H50N2/c1-19(2)26-14-28(21(5)6)34(29(15-26)22(7)8)32-18-33(37-25(13)36-32)35-30(23(9)10)16-27(20(3)4)17-31(35)24(11)12/h14-24H,1-13H3. The zero-order valence-corrected chi connectivity index (χ0v) is 25.7. The van der Waals surface area contributed by atoms with Crippen LogP contribution in [-0.2, 0) is 0 Å². The predicted octanol–water partition coefficient (Wildman–Crippen LogP) is 10.9. The van der Waals surface area contributed by atoms with E-state index in [0.29, 0.717) is 35.5 Å². The molecule has 1 aromatic heterocycles. The molecule has 37 heavy (non-hydrogen) atoms. The van der Waals surface area contributed by atoms with E-state index in [-0.39, 0.29) is 0 Å². The van der Waals surface area contributed by atoms with Crippen LogP contribution in [0.5, 0.6) is 0 Å². The minimum absolute atomic E-state index is 0.410. The summed E-state index contributed by atoms with van der Waals surface area (Å²) in [6.07, 6.45) is 0. The van der Waals surface area contributed by atoms with E-state index in [2.05, 4.69) is 113 Å². The minimum atomic E-state index is 0.410. The van der Waals surface area contributed by atoms with Gasteiger partial charge in [-0.1, -0.05) is 107 Å². The van der Waals surface area contributed by atoms with E-state index < -0.39 is 0 Å². The monoisotopic (exact) mass is 498 g/mol. The van der Waals surface area contributed by atoms with E-state index in [9.17, 15) is 0 Å². The summed E-state index contributed by atoms with van der Waals surface area (Å²) in [7, 11) is 0. The second kappa shape index (κ2) is 11.5. The molecule has 0 unspecified atom stereocenters. The van der Waals surface area contributed by atoms with Crippen molar-refractivity contribution in [2.24, 2.45) is 0 Å². The Kier molecular flexibility index (Phi) is 9.04. The van der Waals surface area contributed by atoms with Crippen LogP contribution in [0.4, 0.5) is 0 Å². The van der Waals surface area contributed by atoms with Gasteiger partial charge in [-0.3, -0.25) is 0 Å². The molecule has 2 heteroatoms. The summed E-state index contributed by atoms with van der Waals surface area (Å²) < 4.78 is 0. The molecule has 0 atom stereocenters. The topological polar surface area (TPSA) is 25.8 Å². The van der Waals surface area contributed by atoms with Gasteiger partial charge in [0.25, 0.3) is 0 Å². The van der Waals surface area contributed by atoms with Gasteiger partial charge in [-0.2, -0.15) is 0 Å². The highest BCUT2D eigenvalue weighted by molar-refractivity contribution is 5.77. The van der Waals surface area contributed by atoms with Crippen LogP contribution in [0.3, 0.4) is 0 Å². The van der Waals surface area contributed by atoms with Crippen LogP contribution < -0.4 is 0 Å². The number of hydrogen-bond acceptors (Lipinski definition) is 2. The number of aryl methyl sites for hydroxylation is 1. The maximum absolute atomic E-state index is 5.07. The third-order valence-corrected chi connectivity index (χ3v) is 7.61. The maximum Gasteiger partial charge on any atom is 0.126 e. The number of benzene rings is 2. The Morgan fingerprint density at radius 3 is 0.892 bits per heavy atom. The van der Waals surface area contributed by atoms with Crippen molar-refractivity contribution in [3.63, 3.8) is 0 Å². The van der Waals surface area contributed by atoms with Crippen molar-refractivity contribution < 1.29 is 0 Å². The van der Waals surface area contributed by atoms with Gasteiger partial charge < -0.3 is 0 Å². The van der Waals surface area contributed by atoms with Crippen molar-refractivity contribution >= 4 is 0 Å².